The summed E-state index contributed by atoms with van der Waals surface area (Å²) in [6.45, 7) is 0. The summed E-state index contributed by atoms with van der Waals surface area (Å²) in [5.74, 6) is -0.0145. The fraction of sp³-hybridized carbons (Fsp3) is 0. The fourth-order valence-electron chi connectivity index (χ4n) is 1.96. The van der Waals surface area contributed by atoms with E-state index >= 15 is 0 Å². The second kappa shape index (κ2) is 7.71. The first-order valence-corrected chi connectivity index (χ1v) is 8.52. The standard InChI is InChI=1S/C17H11N5O3S/c18-9-12(10-19)16(11-20)21-15-3-1-2-4-17(15)26(24,25)22-13-5-7-14(23)8-6-13/h1-8,21-23H. The van der Waals surface area contributed by atoms with Gasteiger partial charge in [-0.1, -0.05) is 12.1 Å². The van der Waals surface area contributed by atoms with E-state index in [1.807, 2.05) is 0 Å². The van der Waals surface area contributed by atoms with Crippen LogP contribution in [0.3, 0.4) is 0 Å². The van der Waals surface area contributed by atoms with Crippen LogP contribution in [0.1, 0.15) is 0 Å². The van der Waals surface area contributed by atoms with Gasteiger partial charge in [0.1, 0.15) is 34.5 Å². The van der Waals surface area contributed by atoms with E-state index in [1.165, 1.54) is 48.5 Å². The minimum Gasteiger partial charge on any atom is -0.508 e. The molecule has 128 valence electrons. The first kappa shape index (κ1) is 18.3. The van der Waals surface area contributed by atoms with Gasteiger partial charge in [0.25, 0.3) is 10.0 Å². The number of nitrogens with zero attached hydrogens (tertiary/aromatic N) is 3. The molecule has 0 saturated heterocycles. The molecule has 0 aromatic heterocycles. The van der Waals surface area contributed by atoms with Gasteiger partial charge in [0.05, 0.1) is 5.69 Å². The van der Waals surface area contributed by atoms with E-state index in [4.69, 9.17) is 15.8 Å². The average molecular weight is 365 g/mol. The van der Waals surface area contributed by atoms with Crippen molar-refractivity contribution in [3.63, 3.8) is 0 Å². The highest BCUT2D eigenvalue weighted by Gasteiger charge is 2.20. The number of phenols is 1. The predicted octanol–water partition coefficient (Wildman–Crippen LogP) is 2.43. The minimum atomic E-state index is -4.04. The zero-order valence-electron chi connectivity index (χ0n) is 13.1. The number of aromatic hydroxyl groups is 1. The van der Waals surface area contributed by atoms with Crippen molar-refractivity contribution in [1.29, 1.82) is 15.8 Å². The Morgan fingerprint density at radius 2 is 1.54 bits per heavy atom. The number of hydrogen-bond acceptors (Lipinski definition) is 7. The second-order valence-corrected chi connectivity index (χ2v) is 6.51. The van der Waals surface area contributed by atoms with Gasteiger partial charge < -0.3 is 10.4 Å². The molecule has 0 fully saturated rings. The Kier molecular flexibility index (Phi) is 5.44. The van der Waals surface area contributed by atoms with Gasteiger partial charge in [-0.15, -0.1) is 0 Å². The first-order valence-electron chi connectivity index (χ1n) is 7.03. The Bertz CT molecular complexity index is 1070. The number of allylic oxidation sites excluding steroid dienone is 2. The normalized spacial score (nSPS) is 9.88. The lowest BCUT2D eigenvalue weighted by molar-refractivity contribution is 0.475. The van der Waals surface area contributed by atoms with Crippen LogP contribution >= 0.6 is 0 Å². The summed E-state index contributed by atoms with van der Waals surface area (Å²) in [6, 6.07) is 15.9. The molecule has 0 bridgehead atoms. The van der Waals surface area contributed by atoms with Gasteiger partial charge in [-0.2, -0.15) is 15.8 Å². The molecule has 0 aliphatic carbocycles. The smallest absolute Gasteiger partial charge is 0.263 e. The van der Waals surface area contributed by atoms with Crippen molar-refractivity contribution in [2.75, 3.05) is 10.0 Å². The van der Waals surface area contributed by atoms with Crippen molar-refractivity contribution >= 4 is 21.4 Å². The number of phenolic OH excluding ortho intramolecular Hbond substituents is 1. The lowest BCUT2D eigenvalue weighted by Gasteiger charge is -2.13. The highest BCUT2D eigenvalue weighted by atomic mass is 32.2. The van der Waals surface area contributed by atoms with Crippen LogP contribution in [0, 0.1) is 34.0 Å². The molecule has 2 aromatic carbocycles. The molecule has 2 aromatic rings. The number of sulfonamides is 1. The van der Waals surface area contributed by atoms with Crippen molar-refractivity contribution in [1.82, 2.24) is 0 Å². The van der Waals surface area contributed by atoms with Crippen LogP contribution in [-0.4, -0.2) is 13.5 Å². The van der Waals surface area contributed by atoms with E-state index in [-0.39, 0.29) is 27.7 Å². The van der Waals surface area contributed by atoms with Gasteiger partial charge in [0.2, 0.25) is 0 Å². The number of hydrogen-bond donors (Lipinski definition) is 3. The summed E-state index contributed by atoms with van der Waals surface area (Å²) in [5.41, 5.74) is -0.574. The summed E-state index contributed by atoms with van der Waals surface area (Å²) in [5, 5.41) is 38.7. The maximum atomic E-state index is 12.6. The quantitative estimate of drug-likeness (QED) is 0.544. The monoisotopic (exact) mass is 365 g/mol. The van der Waals surface area contributed by atoms with Crippen molar-refractivity contribution in [3.8, 4) is 24.0 Å². The molecule has 9 heteroatoms. The fourth-order valence-corrected chi connectivity index (χ4v) is 3.18. The first-order chi connectivity index (χ1) is 12.4. The Morgan fingerprint density at radius 3 is 2.12 bits per heavy atom. The number of para-hydroxylation sites is 1. The third-order valence-electron chi connectivity index (χ3n) is 3.14. The number of benzene rings is 2. The van der Waals surface area contributed by atoms with E-state index in [9.17, 15) is 13.5 Å². The van der Waals surface area contributed by atoms with Crippen LogP contribution in [0.5, 0.6) is 5.75 Å². The maximum Gasteiger partial charge on any atom is 0.263 e. The molecule has 26 heavy (non-hydrogen) atoms. The second-order valence-electron chi connectivity index (χ2n) is 4.86. The molecule has 0 unspecified atom stereocenters. The molecule has 0 aliphatic heterocycles. The highest BCUT2D eigenvalue weighted by molar-refractivity contribution is 7.92. The number of nitriles is 3. The molecule has 0 heterocycles. The number of rotatable bonds is 5. The maximum absolute atomic E-state index is 12.6. The Balaban J connectivity index is 2.44. The molecule has 0 radical (unpaired) electrons. The molecule has 8 nitrogen and oxygen atoms in total. The van der Waals surface area contributed by atoms with E-state index in [0.29, 0.717) is 0 Å². The van der Waals surface area contributed by atoms with Crippen LogP contribution in [0.25, 0.3) is 0 Å². The Morgan fingerprint density at radius 1 is 0.923 bits per heavy atom. The third kappa shape index (κ3) is 4.09. The highest BCUT2D eigenvalue weighted by Crippen LogP contribution is 2.25. The van der Waals surface area contributed by atoms with E-state index in [2.05, 4.69) is 10.0 Å². The zero-order valence-corrected chi connectivity index (χ0v) is 13.9. The number of nitrogens with one attached hydrogen (secondary N) is 2. The van der Waals surface area contributed by atoms with Crippen LogP contribution in [0.4, 0.5) is 11.4 Å². The van der Waals surface area contributed by atoms with Crippen LogP contribution in [0.15, 0.2) is 64.7 Å². The van der Waals surface area contributed by atoms with Crippen molar-refractivity contribution < 1.29 is 13.5 Å². The van der Waals surface area contributed by atoms with Crippen LogP contribution in [0.2, 0.25) is 0 Å². The molecular formula is C17H11N5O3S. The van der Waals surface area contributed by atoms with E-state index in [1.54, 1.807) is 18.2 Å². The lowest BCUT2D eigenvalue weighted by atomic mass is 10.2. The van der Waals surface area contributed by atoms with Crippen molar-refractivity contribution in [3.05, 3.63) is 59.8 Å². The van der Waals surface area contributed by atoms with E-state index in [0.717, 1.165) is 0 Å². The SMILES string of the molecule is N#CC(C#N)=C(C#N)Nc1ccccc1S(=O)(=O)Nc1ccc(O)cc1. The summed E-state index contributed by atoms with van der Waals surface area (Å²) in [7, 11) is -4.04. The van der Waals surface area contributed by atoms with E-state index < -0.39 is 15.6 Å². The molecular weight excluding hydrogens is 354 g/mol. The van der Waals surface area contributed by atoms with Crippen LogP contribution in [-0.2, 0) is 10.0 Å². The summed E-state index contributed by atoms with van der Waals surface area (Å²) < 4.78 is 27.6. The average Bonchev–Trinajstić information content (AvgIpc) is 2.64. The van der Waals surface area contributed by atoms with Gasteiger partial charge in [-0.05, 0) is 36.4 Å². The molecule has 0 aliphatic rings. The van der Waals surface area contributed by atoms with Gasteiger partial charge in [0, 0.05) is 5.69 Å². The largest absolute Gasteiger partial charge is 0.508 e. The molecule has 0 amide bonds. The lowest BCUT2D eigenvalue weighted by Crippen LogP contribution is -2.15. The molecule has 0 spiro atoms. The van der Waals surface area contributed by atoms with Gasteiger partial charge in [0.15, 0.2) is 5.57 Å². The molecule has 2 rings (SSSR count). The van der Waals surface area contributed by atoms with Gasteiger partial charge in [-0.3, -0.25) is 4.72 Å². The third-order valence-corrected chi connectivity index (χ3v) is 4.58. The zero-order chi connectivity index (χ0) is 19.2. The minimum absolute atomic E-state index is 0.0145. The van der Waals surface area contributed by atoms with Gasteiger partial charge >= 0.3 is 0 Å². The summed E-state index contributed by atoms with van der Waals surface area (Å²) >= 11 is 0. The number of anilines is 2. The molecule has 0 saturated carbocycles. The van der Waals surface area contributed by atoms with Crippen molar-refractivity contribution in [2.45, 2.75) is 4.90 Å². The molecule has 3 N–H and O–H groups in total. The topological polar surface area (TPSA) is 150 Å². The Labute approximate surface area is 149 Å². The predicted molar refractivity (Wildman–Crippen MR) is 92.8 cm³/mol. The summed E-state index contributed by atoms with van der Waals surface area (Å²) in [6.07, 6.45) is 0. The van der Waals surface area contributed by atoms with Crippen molar-refractivity contribution in [2.24, 2.45) is 0 Å². The molecule has 0 atom stereocenters. The Hall–Kier alpha value is -4.00. The van der Waals surface area contributed by atoms with Gasteiger partial charge in [-0.25, -0.2) is 8.42 Å². The summed E-state index contributed by atoms with van der Waals surface area (Å²) in [4.78, 5) is -0.184. The van der Waals surface area contributed by atoms with Crippen LogP contribution < -0.4 is 10.0 Å².